The number of nitrogens with zero attached hydrogens (tertiary/aromatic N) is 3. The fraction of sp³-hybridized carbons (Fsp3) is 0.524. The maximum absolute atomic E-state index is 3.56. The summed E-state index contributed by atoms with van der Waals surface area (Å²) in [5.74, 6) is 0. The largest absolute Gasteiger partial charge is 0.306 e. The molecule has 0 unspecified atom stereocenters. The molecular formula is C21H40HfN3-. The van der Waals surface area contributed by atoms with Gasteiger partial charge in [-0.15, -0.1) is 26.2 Å². The number of hydrogen-bond acceptors (Lipinski definition) is 3. The van der Waals surface area contributed by atoms with E-state index in [2.05, 4.69) is 59.6 Å². The van der Waals surface area contributed by atoms with Crippen LogP contribution in [-0.2, 0) is 25.8 Å². The fourth-order valence-corrected chi connectivity index (χ4v) is 1.29. The van der Waals surface area contributed by atoms with Crippen molar-refractivity contribution in [1.29, 1.82) is 0 Å². The van der Waals surface area contributed by atoms with E-state index in [9.17, 15) is 0 Å². The van der Waals surface area contributed by atoms with Gasteiger partial charge in [-0.3, -0.25) is 6.08 Å². The molecule has 0 fully saturated rings. The minimum atomic E-state index is 0. The second kappa shape index (κ2) is 25.7. The van der Waals surface area contributed by atoms with Crippen molar-refractivity contribution in [2.45, 2.75) is 13.3 Å². The molecule has 144 valence electrons. The van der Waals surface area contributed by atoms with Crippen molar-refractivity contribution in [3.63, 3.8) is 0 Å². The van der Waals surface area contributed by atoms with Crippen LogP contribution in [-0.4, -0.2) is 76.6 Å². The van der Waals surface area contributed by atoms with Gasteiger partial charge in [-0.1, -0.05) is 25.2 Å². The van der Waals surface area contributed by atoms with Gasteiger partial charge in [-0.25, -0.2) is 11.6 Å². The van der Waals surface area contributed by atoms with Crippen LogP contribution in [0.25, 0.3) is 0 Å². The molecule has 25 heavy (non-hydrogen) atoms. The number of hydrogen-bond donors (Lipinski definition) is 0. The molecule has 0 aromatic carbocycles. The smallest absolute Gasteiger partial charge is 0.0154 e. The first-order valence-electron chi connectivity index (χ1n) is 8.22. The molecule has 0 N–H and O–H groups in total. The molecule has 1 aliphatic rings. The van der Waals surface area contributed by atoms with E-state index in [1.807, 2.05) is 60.5 Å². The Morgan fingerprint density at radius 2 is 1.16 bits per heavy atom. The molecular weight excluding hydrogens is 473 g/mol. The Morgan fingerprint density at radius 1 is 0.840 bits per heavy atom. The van der Waals surface area contributed by atoms with Crippen LogP contribution in [0.15, 0.2) is 55.7 Å². The SMILES string of the molecule is C=CCN(C)C.C=CCN(C)C.C=CCN(C)C.CC1=[C-]CC=C1.[Hf]. The van der Waals surface area contributed by atoms with Crippen LogP contribution in [0.3, 0.4) is 0 Å². The molecule has 0 spiro atoms. The molecule has 0 aliphatic heterocycles. The first-order chi connectivity index (χ1) is 11.2. The molecule has 0 amide bonds. The molecule has 1 aliphatic carbocycles. The van der Waals surface area contributed by atoms with Crippen molar-refractivity contribution >= 4 is 0 Å². The standard InChI is InChI=1S/C6H7.3C5H11N.Hf/c1-6-4-2-3-5-6;3*1-4-5-6(2)3;/h2,4H,3H2,1H3;3*4H,1,5H2,2-3H3;/q-1;;;;. The summed E-state index contributed by atoms with van der Waals surface area (Å²) in [5.41, 5.74) is 1.27. The van der Waals surface area contributed by atoms with Crippen molar-refractivity contribution < 1.29 is 25.8 Å². The summed E-state index contributed by atoms with van der Waals surface area (Å²) in [7, 11) is 12.1. The molecule has 0 aromatic rings. The Bertz CT molecular complexity index is 320. The van der Waals surface area contributed by atoms with E-state index < -0.39 is 0 Å². The van der Waals surface area contributed by atoms with E-state index >= 15 is 0 Å². The molecule has 0 atom stereocenters. The molecule has 0 radical (unpaired) electrons. The summed E-state index contributed by atoms with van der Waals surface area (Å²) >= 11 is 0. The van der Waals surface area contributed by atoms with Crippen LogP contribution in [0.2, 0.25) is 0 Å². The van der Waals surface area contributed by atoms with Crippen molar-refractivity contribution in [3.05, 3.63) is 61.8 Å². The van der Waals surface area contributed by atoms with Gasteiger partial charge in [0.1, 0.15) is 0 Å². The summed E-state index contributed by atoms with van der Waals surface area (Å²) in [6.45, 7) is 15.7. The van der Waals surface area contributed by atoms with Crippen molar-refractivity contribution in [2.75, 3.05) is 61.9 Å². The van der Waals surface area contributed by atoms with Crippen LogP contribution < -0.4 is 0 Å². The minimum absolute atomic E-state index is 0. The second-order valence-corrected chi connectivity index (χ2v) is 6.12. The topological polar surface area (TPSA) is 9.72 Å². The van der Waals surface area contributed by atoms with E-state index in [1.54, 1.807) is 0 Å². The van der Waals surface area contributed by atoms with Gasteiger partial charge in [0.2, 0.25) is 0 Å². The van der Waals surface area contributed by atoms with Crippen LogP contribution in [0, 0.1) is 6.08 Å². The molecule has 3 nitrogen and oxygen atoms in total. The van der Waals surface area contributed by atoms with Gasteiger partial charge in [-0.05, 0) is 42.3 Å². The predicted molar refractivity (Wildman–Crippen MR) is 112 cm³/mol. The van der Waals surface area contributed by atoms with Crippen LogP contribution >= 0.6 is 0 Å². The summed E-state index contributed by atoms with van der Waals surface area (Å²) in [6, 6.07) is 0. The van der Waals surface area contributed by atoms with Crippen LogP contribution in [0.5, 0.6) is 0 Å². The average molecular weight is 513 g/mol. The number of allylic oxidation sites excluding steroid dienone is 4. The molecule has 0 bridgehead atoms. The first kappa shape index (κ1) is 32.1. The molecule has 0 saturated heterocycles. The minimum Gasteiger partial charge on any atom is -0.306 e. The van der Waals surface area contributed by atoms with Gasteiger partial charge in [0.15, 0.2) is 0 Å². The molecule has 0 heterocycles. The van der Waals surface area contributed by atoms with Gasteiger partial charge in [0.05, 0.1) is 0 Å². The van der Waals surface area contributed by atoms with Crippen molar-refractivity contribution in [3.8, 4) is 0 Å². The third-order valence-corrected chi connectivity index (χ3v) is 2.35. The molecule has 0 saturated carbocycles. The Kier molecular flexibility index (Phi) is 33.0. The van der Waals surface area contributed by atoms with Gasteiger partial charge >= 0.3 is 0 Å². The average Bonchev–Trinajstić information content (AvgIpc) is 2.91. The van der Waals surface area contributed by atoms with Gasteiger partial charge in [0, 0.05) is 45.5 Å². The molecule has 4 heteroatoms. The molecule has 0 aromatic heterocycles. The summed E-state index contributed by atoms with van der Waals surface area (Å²) in [5, 5.41) is 0. The van der Waals surface area contributed by atoms with Gasteiger partial charge in [0.25, 0.3) is 0 Å². The van der Waals surface area contributed by atoms with E-state index in [0.29, 0.717) is 0 Å². The third kappa shape index (κ3) is 45.2. The second-order valence-electron chi connectivity index (χ2n) is 6.12. The van der Waals surface area contributed by atoms with Crippen molar-refractivity contribution in [2.24, 2.45) is 0 Å². The molecule has 1 rings (SSSR count). The maximum atomic E-state index is 3.56. The van der Waals surface area contributed by atoms with Crippen molar-refractivity contribution in [1.82, 2.24) is 14.7 Å². The fourth-order valence-electron chi connectivity index (χ4n) is 1.29. The zero-order chi connectivity index (χ0) is 19.4. The predicted octanol–water partition coefficient (Wildman–Crippen LogP) is 3.90. The maximum Gasteiger partial charge on any atom is 0.0154 e. The Balaban J connectivity index is -0.000000116. The first-order valence-corrected chi connectivity index (χ1v) is 8.22. The van der Waals surface area contributed by atoms with Gasteiger partial charge in [-0.2, -0.15) is 6.08 Å². The third-order valence-electron chi connectivity index (χ3n) is 2.35. The Morgan fingerprint density at radius 3 is 1.20 bits per heavy atom. The summed E-state index contributed by atoms with van der Waals surface area (Å²) in [6.07, 6.45) is 14.0. The number of likely N-dealkylation sites (N-methyl/N-ethyl adjacent to an activating group) is 3. The van der Waals surface area contributed by atoms with Crippen LogP contribution in [0.1, 0.15) is 13.3 Å². The summed E-state index contributed by atoms with van der Waals surface area (Å²) < 4.78 is 0. The quantitative estimate of drug-likeness (QED) is 0.304. The Hall–Kier alpha value is -0.550. The zero-order valence-electron chi connectivity index (χ0n) is 17.7. The summed E-state index contributed by atoms with van der Waals surface area (Å²) in [4.78, 5) is 6.19. The Labute approximate surface area is 177 Å². The monoisotopic (exact) mass is 514 g/mol. The van der Waals surface area contributed by atoms with E-state index in [4.69, 9.17) is 0 Å². The zero-order valence-corrected chi connectivity index (χ0v) is 21.3. The normalized spacial score (nSPS) is 11.0. The number of rotatable bonds is 6. The van der Waals surface area contributed by atoms with E-state index in [0.717, 1.165) is 26.1 Å². The van der Waals surface area contributed by atoms with E-state index in [-0.39, 0.29) is 25.8 Å². The van der Waals surface area contributed by atoms with E-state index in [1.165, 1.54) is 5.57 Å². The van der Waals surface area contributed by atoms with Gasteiger partial charge < -0.3 is 14.7 Å². The van der Waals surface area contributed by atoms with Crippen LogP contribution in [0.4, 0.5) is 0 Å².